The normalized spacial score (nSPS) is 37.5. The molecule has 92 valence electrons. The molecule has 3 aliphatic heterocycles. The highest BCUT2D eigenvalue weighted by atomic mass is 16.5. The van der Waals surface area contributed by atoms with Crippen molar-refractivity contribution in [2.45, 2.75) is 19.3 Å². The molecule has 3 aliphatic rings. The summed E-state index contributed by atoms with van der Waals surface area (Å²) in [4.78, 5) is 2.71. The first-order chi connectivity index (χ1) is 7.92. The lowest BCUT2D eigenvalue weighted by Crippen LogP contribution is -2.43. The molecule has 0 aromatic rings. The molecule has 3 nitrogen and oxygen atoms in total. The lowest BCUT2D eigenvalue weighted by molar-refractivity contribution is 0.0423. The van der Waals surface area contributed by atoms with Gasteiger partial charge in [-0.05, 0) is 56.7 Å². The number of rotatable bonds is 2. The van der Waals surface area contributed by atoms with Gasteiger partial charge in [-0.15, -0.1) is 0 Å². The Bertz CT molecular complexity index is 228. The maximum atomic E-state index is 5.43. The van der Waals surface area contributed by atoms with E-state index in [4.69, 9.17) is 4.74 Å². The average Bonchev–Trinajstić information content (AvgIpc) is 2.77. The first kappa shape index (κ1) is 11.0. The predicted molar refractivity (Wildman–Crippen MR) is 64.4 cm³/mol. The Hall–Kier alpha value is -0.120. The molecule has 0 saturated carbocycles. The van der Waals surface area contributed by atoms with Crippen LogP contribution in [0, 0.1) is 17.8 Å². The zero-order chi connectivity index (χ0) is 10.8. The number of likely N-dealkylation sites (tertiary alicyclic amines) is 1. The number of ether oxygens (including phenoxy) is 1. The summed E-state index contributed by atoms with van der Waals surface area (Å²) in [6, 6.07) is 0. The van der Waals surface area contributed by atoms with Crippen LogP contribution < -0.4 is 5.32 Å². The first-order valence-electron chi connectivity index (χ1n) is 6.92. The van der Waals surface area contributed by atoms with E-state index in [2.05, 4.69) is 10.2 Å². The van der Waals surface area contributed by atoms with Crippen LogP contribution in [0.1, 0.15) is 19.3 Å². The van der Waals surface area contributed by atoms with Gasteiger partial charge in [-0.1, -0.05) is 0 Å². The van der Waals surface area contributed by atoms with Gasteiger partial charge in [0, 0.05) is 26.3 Å². The Morgan fingerprint density at radius 2 is 1.88 bits per heavy atom. The molecule has 0 aromatic carbocycles. The zero-order valence-corrected chi connectivity index (χ0v) is 10.2. The zero-order valence-electron chi connectivity index (χ0n) is 10.2. The van der Waals surface area contributed by atoms with Crippen LogP contribution in [-0.2, 0) is 4.74 Å². The van der Waals surface area contributed by atoms with Gasteiger partial charge in [0.1, 0.15) is 0 Å². The van der Waals surface area contributed by atoms with Crippen molar-refractivity contribution in [3.8, 4) is 0 Å². The molecular formula is C13H24N2O. The van der Waals surface area contributed by atoms with Gasteiger partial charge in [0.25, 0.3) is 0 Å². The van der Waals surface area contributed by atoms with Crippen LogP contribution in [0.3, 0.4) is 0 Å². The maximum absolute atomic E-state index is 5.43. The summed E-state index contributed by atoms with van der Waals surface area (Å²) in [6.45, 7) is 8.52. The SMILES string of the molecule is C1CC(CN2CCC3CNCC3C2)CCO1. The van der Waals surface area contributed by atoms with Gasteiger partial charge in [-0.2, -0.15) is 0 Å². The molecule has 3 heterocycles. The van der Waals surface area contributed by atoms with E-state index in [0.717, 1.165) is 31.0 Å². The van der Waals surface area contributed by atoms with Crippen molar-refractivity contribution in [2.24, 2.45) is 17.8 Å². The highest BCUT2D eigenvalue weighted by molar-refractivity contribution is 4.88. The van der Waals surface area contributed by atoms with Crippen molar-refractivity contribution in [1.82, 2.24) is 10.2 Å². The fraction of sp³-hybridized carbons (Fsp3) is 1.00. The van der Waals surface area contributed by atoms with Gasteiger partial charge in [0.05, 0.1) is 0 Å². The Morgan fingerprint density at radius 3 is 2.75 bits per heavy atom. The Labute approximate surface area is 98.5 Å². The topological polar surface area (TPSA) is 24.5 Å². The van der Waals surface area contributed by atoms with Crippen molar-refractivity contribution >= 4 is 0 Å². The van der Waals surface area contributed by atoms with Crippen molar-refractivity contribution < 1.29 is 4.74 Å². The monoisotopic (exact) mass is 224 g/mol. The molecule has 16 heavy (non-hydrogen) atoms. The summed E-state index contributed by atoms with van der Waals surface area (Å²) in [6.07, 6.45) is 3.98. The summed E-state index contributed by atoms with van der Waals surface area (Å²) in [5, 5.41) is 3.54. The van der Waals surface area contributed by atoms with Crippen LogP contribution in [0.5, 0.6) is 0 Å². The average molecular weight is 224 g/mol. The van der Waals surface area contributed by atoms with Crippen LogP contribution in [-0.4, -0.2) is 50.8 Å². The third-order valence-electron chi connectivity index (χ3n) is 4.65. The molecule has 3 fully saturated rings. The van der Waals surface area contributed by atoms with E-state index in [1.165, 1.54) is 52.0 Å². The summed E-state index contributed by atoms with van der Waals surface area (Å²) in [7, 11) is 0. The van der Waals surface area contributed by atoms with Gasteiger partial charge in [0.15, 0.2) is 0 Å². The quantitative estimate of drug-likeness (QED) is 0.756. The number of hydrogen-bond acceptors (Lipinski definition) is 3. The van der Waals surface area contributed by atoms with Crippen molar-refractivity contribution in [3.05, 3.63) is 0 Å². The molecule has 0 radical (unpaired) electrons. The van der Waals surface area contributed by atoms with E-state index in [-0.39, 0.29) is 0 Å². The summed E-state index contributed by atoms with van der Waals surface area (Å²) < 4.78 is 5.43. The third-order valence-corrected chi connectivity index (χ3v) is 4.65. The molecule has 0 aliphatic carbocycles. The second-order valence-electron chi connectivity index (χ2n) is 5.78. The molecule has 3 rings (SSSR count). The van der Waals surface area contributed by atoms with Crippen LogP contribution in [0.2, 0.25) is 0 Å². The molecule has 3 heteroatoms. The fourth-order valence-electron chi connectivity index (χ4n) is 3.57. The van der Waals surface area contributed by atoms with Gasteiger partial charge in [-0.25, -0.2) is 0 Å². The minimum absolute atomic E-state index is 0.902. The molecule has 3 saturated heterocycles. The van der Waals surface area contributed by atoms with Crippen molar-refractivity contribution in [3.63, 3.8) is 0 Å². The molecule has 0 aromatic heterocycles. The van der Waals surface area contributed by atoms with E-state index >= 15 is 0 Å². The number of piperidine rings is 1. The number of fused-ring (bicyclic) bond motifs is 1. The molecule has 0 bridgehead atoms. The highest BCUT2D eigenvalue weighted by Crippen LogP contribution is 2.27. The van der Waals surface area contributed by atoms with Crippen LogP contribution >= 0.6 is 0 Å². The minimum atomic E-state index is 0.902. The standard InChI is InChI=1S/C13H24N2O/c1-4-15(9-11-2-5-16-6-3-11)10-13-8-14-7-12(1)13/h11-14H,1-10H2. The maximum Gasteiger partial charge on any atom is 0.0469 e. The van der Waals surface area contributed by atoms with Crippen molar-refractivity contribution in [2.75, 3.05) is 45.9 Å². The summed E-state index contributed by atoms with van der Waals surface area (Å²) in [5.41, 5.74) is 0. The lowest BCUT2D eigenvalue weighted by atomic mass is 9.87. The van der Waals surface area contributed by atoms with E-state index in [0.29, 0.717) is 0 Å². The Balaban J connectivity index is 1.48. The third kappa shape index (κ3) is 2.41. The van der Waals surface area contributed by atoms with Gasteiger partial charge >= 0.3 is 0 Å². The summed E-state index contributed by atoms with van der Waals surface area (Å²) in [5.74, 6) is 2.82. The largest absolute Gasteiger partial charge is 0.381 e. The number of nitrogens with zero attached hydrogens (tertiary/aromatic N) is 1. The van der Waals surface area contributed by atoms with E-state index in [1.54, 1.807) is 0 Å². The van der Waals surface area contributed by atoms with Gasteiger partial charge < -0.3 is 15.0 Å². The van der Waals surface area contributed by atoms with E-state index < -0.39 is 0 Å². The van der Waals surface area contributed by atoms with Gasteiger partial charge in [0.2, 0.25) is 0 Å². The van der Waals surface area contributed by atoms with Gasteiger partial charge in [-0.3, -0.25) is 0 Å². The second kappa shape index (κ2) is 5.03. The molecule has 0 spiro atoms. The Kier molecular flexibility index (Phi) is 3.46. The lowest BCUT2D eigenvalue weighted by Gasteiger charge is -2.37. The molecule has 2 unspecified atom stereocenters. The number of nitrogens with one attached hydrogen (secondary N) is 1. The summed E-state index contributed by atoms with van der Waals surface area (Å²) >= 11 is 0. The minimum Gasteiger partial charge on any atom is -0.381 e. The molecule has 0 amide bonds. The molecular weight excluding hydrogens is 200 g/mol. The second-order valence-corrected chi connectivity index (χ2v) is 5.78. The first-order valence-corrected chi connectivity index (χ1v) is 6.92. The smallest absolute Gasteiger partial charge is 0.0469 e. The molecule has 2 atom stereocenters. The van der Waals surface area contributed by atoms with Crippen LogP contribution in [0.15, 0.2) is 0 Å². The van der Waals surface area contributed by atoms with E-state index in [1.807, 2.05) is 0 Å². The fourth-order valence-corrected chi connectivity index (χ4v) is 3.57. The van der Waals surface area contributed by atoms with E-state index in [9.17, 15) is 0 Å². The highest BCUT2D eigenvalue weighted by Gasteiger charge is 2.33. The van der Waals surface area contributed by atoms with Crippen LogP contribution in [0.25, 0.3) is 0 Å². The van der Waals surface area contributed by atoms with Crippen molar-refractivity contribution in [1.29, 1.82) is 0 Å². The predicted octanol–water partition coefficient (Wildman–Crippen LogP) is 0.954. The van der Waals surface area contributed by atoms with Crippen LogP contribution in [0.4, 0.5) is 0 Å². The Morgan fingerprint density at radius 1 is 1.06 bits per heavy atom. The molecule has 1 N–H and O–H groups in total. The number of hydrogen-bond donors (Lipinski definition) is 1.